The van der Waals surface area contributed by atoms with Crippen LogP contribution in [0.4, 0.5) is 11.4 Å². The zero-order valence-corrected chi connectivity index (χ0v) is 15.3. The number of carbonyl (C=O) groups excluding carboxylic acids is 1. The molecule has 0 unspecified atom stereocenters. The highest BCUT2D eigenvalue weighted by Gasteiger charge is 2.08. The zero-order chi connectivity index (χ0) is 18.9. The van der Waals surface area contributed by atoms with Crippen LogP contribution >= 0.6 is 12.2 Å². The molecular formula is C20H19N3O3S. The number of amides is 1. The Morgan fingerprint density at radius 3 is 2.30 bits per heavy atom. The minimum atomic E-state index is -0.295. The van der Waals surface area contributed by atoms with Crippen LogP contribution in [0.25, 0.3) is 0 Å². The molecule has 7 heteroatoms. The number of para-hydroxylation sites is 1. The van der Waals surface area contributed by atoms with E-state index in [4.69, 9.17) is 21.4 Å². The van der Waals surface area contributed by atoms with Crippen LogP contribution in [0, 0.1) is 0 Å². The molecule has 1 aromatic heterocycles. The fourth-order valence-electron chi connectivity index (χ4n) is 2.26. The molecule has 6 nitrogen and oxygen atoms in total. The fourth-order valence-corrected chi connectivity index (χ4v) is 2.48. The van der Waals surface area contributed by atoms with Crippen molar-refractivity contribution < 1.29 is 13.9 Å². The fraction of sp³-hybridized carbons (Fsp3) is 0.100. The smallest absolute Gasteiger partial charge is 0.291 e. The summed E-state index contributed by atoms with van der Waals surface area (Å²) in [5.74, 6) is 0.793. The summed E-state index contributed by atoms with van der Waals surface area (Å²) in [5.41, 5.74) is 1.48. The number of rotatable bonds is 7. The second-order valence-electron chi connectivity index (χ2n) is 5.55. The number of thiocarbonyl (C=S) groups is 1. The van der Waals surface area contributed by atoms with Crippen molar-refractivity contribution in [2.45, 2.75) is 0 Å². The van der Waals surface area contributed by atoms with Crippen molar-refractivity contribution in [3.05, 3.63) is 78.8 Å². The first-order valence-corrected chi connectivity index (χ1v) is 8.79. The van der Waals surface area contributed by atoms with Gasteiger partial charge >= 0.3 is 0 Å². The van der Waals surface area contributed by atoms with Crippen molar-refractivity contribution in [3.63, 3.8) is 0 Å². The first-order valence-electron chi connectivity index (χ1n) is 8.38. The molecule has 138 valence electrons. The summed E-state index contributed by atoms with van der Waals surface area (Å²) in [7, 11) is 0. The van der Waals surface area contributed by atoms with E-state index in [0.717, 1.165) is 11.4 Å². The van der Waals surface area contributed by atoms with Crippen LogP contribution in [0.1, 0.15) is 10.6 Å². The molecule has 1 heterocycles. The van der Waals surface area contributed by atoms with Crippen molar-refractivity contribution in [2.75, 3.05) is 23.8 Å². The minimum Gasteiger partial charge on any atom is -0.492 e. The van der Waals surface area contributed by atoms with E-state index >= 15 is 0 Å². The summed E-state index contributed by atoms with van der Waals surface area (Å²) in [6.07, 6.45) is 1.46. The second kappa shape index (κ2) is 9.40. The molecule has 3 aromatic rings. The highest BCUT2D eigenvalue weighted by molar-refractivity contribution is 7.80. The Morgan fingerprint density at radius 1 is 0.926 bits per heavy atom. The van der Waals surface area contributed by atoms with Gasteiger partial charge in [0.15, 0.2) is 10.9 Å². The molecule has 0 aliphatic heterocycles. The van der Waals surface area contributed by atoms with Crippen molar-refractivity contribution in [1.29, 1.82) is 0 Å². The SMILES string of the molecule is O=C(Nc1ccc(NC(=S)NCCOc2ccccc2)cc1)c1ccco1. The lowest BCUT2D eigenvalue weighted by Gasteiger charge is -2.12. The number of hydrogen-bond donors (Lipinski definition) is 3. The lowest BCUT2D eigenvalue weighted by molar-refractivity contribution is 0.0996. The van der Waals surface area contributed by atoms with Crippen LogP contribution in [-0.2, 0) is 0 Å². The number of nitrogens with one attached hydrogen (secondary N) is 3. The molecule has 3 rings (SSSR count). The molecule has 0 saturated heterocycles. The Morgan fingerprint density at radius 2 is 1.63 bits per heavy atom. The van der Waals surface area contributed by atoms with Gasteiger partial charge in [0.2, 0.25) is 0 Å². The van der Waals surface area contributed by atoms with Gasteiger partial charge in [0, 0.05) is 11.4 Å². The van der Waals surface area contributed by atoms with Crippen molar-refractivity contribution in [3.8, 4) is 5.75 Å². The largest absolute Gasteiger partial charge is 0.492 e. The summed E-state index contributed by atoms with van der Waals surface area (Å²) in [6, 6.07) is 20.1. The number of furan rings is 1. The van der Waals surface area contributed by atoms with E-state index < -0.39 is 0 Å². The lowest BCUT2D eigenvalue weighted by atomic mass is 10.2. The Labute approximate surface area is 162 Å². The molecule has 0 radical (unpaired) electrons. The minimum absolute atomic E-state index is 0.264. The number of anilines is 2. The van der Waals surface area contributed by atoms with E-state index in [0.29, 0.717) is 24.0 Å². The predicted molar refractivity (Wildman–Crippen MR) is 109 cm³/mol. The highest BCUT2D eigenvalue weighted by Crippen LogP contribution is 2.15. The van der Waals surface area contributed by atoms with Crippen molar-refractivity contribution in [2.24, 2.45) is 0 Å². The number of benzene rings is 2. The standard InChI is InChI=1S/C20H19N3O3S/c24-19(18-7-4-13-26-18)22-15-8-10-16(11-9-15)23-20(27)21-12-14-25-17-5-2-1-3-6-17/h1-11,13H,12,14H2,(H,22,24)(H2,21,23,27). The van der Waals surface area contributed by atoms with E-state index in [2.05, 4.69) is 16.0 Å². The van der Waals surface area contributed by atoms with E-state index in [1.165, 1.54) is 6.26 Å². The Bertz CT molecular complexity index is 865. The first kappa shape index (κ1) is 18.5. The van der Waals surface area contributed by atoms with Gasteiger partial charge in [-0.2, -0.15) is 0 Å². The third-order valence-electron chi connectivity index (χ3n) is 3.55. The van der Waals surface area contributed by atoms with Crippen LogP contribution in [0.3, 0.4) is 0 Å². The van der Waals surface area contributed by atoms with Crippen LogP contribution in [-0.4, -0.2) is 24.2 Å². The molecule has 0 aliphatic carbocycles. The first-order chi connectivity index (χ1) is 13.2. The van der Waals surface area contributed by atoms with Crippen molar-refractivity contribution in [1.82, 2.24) is 5.32 Å². The lowest BCUT2D eigenvalue weighted by Crippen LogP contribution is -2.31. The van der Waals surface area contributed by atoms with Crippen molar-refractivity contribution >= 4 is 34.6 Å². The van der Waals surface area contributed by atoms with E-state index in [-0.39, 0.29) is 11.7 Å². The number of hydrogen-bond acceptors (Lipinski definition) is 4. The molecule has 27 heavy (non-hydrogen) atoms. The third kappa shape index (κ3) is 5.86. The molecule has 0 saturated carbocycles. The average molecular weight is 381 g/mol. The molecule has 1 amide bonds. The van der Waals surface area contributed by atoms with E-state index in [1.54, 1.807) is 24.3 Å². The molecule has 0 bridgehead atoms. The maximum Gasteiger partial charge on any atom is 0.291 e. The summed E-state index contributed by atoms with van der Waals surface area (Å²) in [5, 5.41) is 9.42. The van der Waals surface area contributed by atoms with E-state index in [1.807, 2.05) is 42.5 Å². The third-order valence-corrected chi connectivity index (χ3v) is 3.79. The van der Waals surface area contributed by atoms with Crippen LogP contribution in [0.15, 0.2) is 77.4 Å². The molecule has 0 atom stereocenters. The van der Waals surface area contributed by atoms with Gasteiger partial charge in [0.1, 0.15) is 12.4 Å². The maximum atomic E-state index is 11.9. The predicted octanol–water partition coefficient (Wildman–Crippen LogP) is 3.90. The topological polar surface area (TPSA) is 75.5 Å². The number of carbonyl (C=O) groups is 1. The number of ether oxygens (including phenoxy) is 1. The summed E-state index contributed by atoms with van der Waals surface area (Å²) in [4.78, 5) is 11.9. The van der Waals surface area contributed by atoms with Gasteiger partial charge in [-0.05, 0) is 60.7 Å². The quantitative estimate of drug-likeness (QED) is 0.426. The second-order valence-corrected chi connectivity index (χ2v) is 5.96. The Kier molecular flexibility index (Phi) is 6.43. The molecule has 0 aliphatic rings. The Hall–Kier alpha value is -3.32. The van der Waals surface area contributed by atoms with Gasteiger partial charge in [-0.15, -0.1) is 0 Å². The van der Waals surface area contributed by atoms with Gasteiger partial charge in [-0.25, -0.2) is 0 Å². The zero-order valence-electron chi connectivity index (χ0n) is 14.5. The van der Waals surface area contributed by atoms with Crippen LogP contribution in [0.2, 0.25) is 0 Å². The van der Waals surface area contributed by atoms with Crippen LogP contribution < -0.4 is 20.7 Å². The highest BCUT2D eigenvalue weighted by atomic mass is 32.1. The summed E-state index contributed by atoms with van der Waals surface area (Å²) >= 11 is 5.26. The molecule has 0 fully saturated rings. The van der Waals surface area contributed by atoms with Gasteiger partial charge in [0.05, 0.1) is 12.8 Å². The van der Waals surface area contributed by atoms with Crippen LogP contribution in [0.5, 0.6) is 5.75 Å². The molecule has 0 spiro atoms. The van der Waals surface area contributed by atoms with Gasteiger partial charge in [0.25, 0.3) is 5.91 Å². The maximum absolute atomic E-state index is 11.9. The normalized spacial score (nSPS) is 10.1. The molecular weight excluding hydrogens is 362 g/mol. The Balaban J connectivity index is 1.39. The summed E-state index contributed by atoms with van der Waals surface area (Å²) in [6.45, 7) is 1.08. The van der Waals surface area contributed by atoms with Gasteiger partial charge in [-0.1, -0.05) is 18.2 Å². The van der Waals surface area contributed by atoms with Gasteiger partial charge < -0.3 is 25.1 Å². The molecule has 2 aromatic carbocycles. The van der Waals surface area contributed by atoms with Gasteiger partial charge in [-0.3, -0.25) is 4.79 Å². The summed E-state index contributed by atoms with van der Waals surface area (Å²) < 4.78 is 10.7. The average Bonchev–Trinajstić information content (AvgIpc) is 3.23. The molecule has 3 N–H and O–H groups in total. The monoisotopic (exact) mass is 381 g/mol. The van der Waals surface area contributed by atoms with E-state index in [9.17, 15) is 4.79 Å².